The minimum absolute atomic E-state index is 0.198. The average molecular weight is 523 g/mol. The molecule has 12 nitrogen and oxygen atoms in total. The molecule has 0 saturated heterocycles. The number of nitrogens with one attached hydrogen (secondary N) is 2. The highest BCUT2D eigenvalue weighted by Crippen LogP contribution is 2.20. The number of nitrogens with two attached hydrogens (primary N) is 3. The minimum Gasteiger partial charge on any atom is -0.480 e. The number of carbonyl (C=O) groups excluding carboxylic acids is 1. The Morgan fingerprint density at radius 1 is 0.842 bits per heavy atom. The van der Waals surface area contributed by atoms with E-state index in [4.69, 9.17) is 32.2 Å². The molecule has 0 aliphatic rings. The van der Waals surface area contributed by atoms with Crippen LogP contribution in [0.25, 0.3) is 10.9 Å². The van der Waals surface area contributed by atoms with E-state index in [1.54, 1.807) is 30.5 Å². The van der Waals surface area contributed by atoms with Gasteiger partial charge in [0, 0.05) is 36.1 Å². The number of rotatable bonds is 10. The van der Waals surface area contributed by atoms with E-state index < -0.39 is 36.0 Å². The molecule has 200 valence electrons. The Bertz CT molecular complexity index is 1350. The van der Waals surface area contributed by atoms with E-state index >= 15 is 0 Å². The summed E-state index contributed by atoms with van der Waals surface area (Å²) in [6.07, 6.45) is 5.78. The third kappa shape index (κ3) is 8.00. The van der Waals surface area contributed by atoms with Crippen molar-refractivity contribution in [1.29, 1.82) is 0 Å². The minimum atomic E-state index is -1.06. The number of hydrogen-bond acceptors (Lipinski definition) is 8. The number of imidazole rings is 1. The van der Waals surface area contributed by atoms with Gasteiger partial charge in [0.25, 0.3) is 0 Å². The SMILES string of the molecule is N[C@@H](Cc1c[nH]cn1)C(=O)O.N[C@@H](Cc1ccc(OC(=O)[C@@H](N)Cc2c[nH]c3ccccc23)cc1)C(=O)O. The molecular weight excluding hydrogens is 492 g/mol. The van der Waals surface area contributed by atoms with E-state index in [1.807, 2.05) is 30.5 Å². The molecule has 12 heteroatoms. The molecule has 0 aliphatic carbocycles. The zero-order valence-electron chi connectivity index (χ0n) is 20.4. The maximum Gasteiger partial charge on any atom is 0.328 e. The monoisotopic (exact) mass is 522 g/mol. The lowest BCUT2D eigenvalue weighted by Gasteiger charge is -2.12. The predicted molar refractivity (Wildman–Crippen MR) is 139 cm³/mol. The Labute approximate surface area is 217 Å². The van der Waals surface area contributed by atoms with Crippen LogP contribution >= 0.6 is 0 Å². The first-order valence-electron chi connectivity index (χ1n) is 11.7. The summed E-state index contributed by atoms with van der Waals surface area (Å²) in [6.45, 7) is 0. The highest BCUT2D eigenvalue weighted by atomic mass is 16.5. The van der Waals surface area contributed by atoms with Crippen LogP contribution in [0.15, 0.2) is 67.3 Å². The van der Waals surface area contributed by atoms with Crippen LogP contribution in [0.1, 0.15) is 16.8 Å². The number of ether oxygens (including phenoxy) is 1. The standard InChI is InChI=1S/C20H21N3O4.C6H9N3O2/c21-16(19(24)25)9-12-5-7-14(8-6-12)27-20(26)17(22)10-13-11-23-18-4-2-1-3-15(13)18;7-5(6(10)11)1-4-2-8-3-9-4/h1-8,11,16-17,23H,9-10,21-22H2,(H,24,25);2-3,5H,1,7H2,(H,8,9)(H,10,11)/t16-,17-;5-/m00/s1. The summed E-state index contributed by atoms with van der Waals surface area (Å²) in [5.41, 5.74) is 20.1. The van der Waals surface area contributed by atoms with Crippen LogP contribution in [0.3, 0.4) is 0 Å². The van der Waals surface area contributed by atoms with Crippen LogP contribution in [0.4, 0.5) is 0 Å². The predicted octanol–water partition coefficient (Wildman–Crippen LogP) is 0.962. The van der Waals surface area contributed by atoms with Crippen LogP contribution in [-0.4, -0.2) is 61.2 Å². The fraction of sp³-hybridized carbons (Fsp3) is 0.231. The van der Waals surface area contributed by atoms with Crippen LogP contribution in [-0.2, 0) is 33.6 Å². The van der Waals surface area contributed by atoms with Crippen molar-refractivity contribution in [3.8, 4) is 5.75 Å². The lowest BCUT2D eigenvalue weighted by molar-refractivity contribution is -0.139. The number of benzene rings is 2. The number of H-pyrrole nitrogens is 2. The molecule has 0 fully saturated rings. The van der Waals surface area contributed by atoms with E-state index in [9.17, 15) is 14.4 Å². The third-order valence-electron chi connectivity index (χ3n) is 5.63. The molecule has 0 spiro atoms. The molecule has 0 radical (unpaired) electrons. The van der Waals surface area contributed by atoms with Crippen molar-refractivity contribution in [1.82, 2.24) is 15.0 Å². The van der Waals surface area contributed by atoms with Gasteiger partial charge in [-0.3, -0.25) is 9.59 Å². The van der Waals surface area contributed by atoms with Crippen LogP contribution in [0.2, 0.25) is 0 Å². The van der Waals surface area contributed by atoms with Crippen molar-refractivity contribution in [2.24, 2.45) is 17.2 Å². The summed E-state index contributed by atoms with van der Waals surface area (Å²) < 4.78 is 5.32. The van der Waals surface area contributed by atoms with E-state index in [2.05, 4.69) is 15.0 Å². The second-order valence-electron chi connectivity index (χ2n) is 8.59. The molecule has 0 unspecified atom stereocenters. The molecule has 0 saturated carbocycles. The molecule has 2 aromatic carbocycles. The molecule has 38 heavy (non-hydrogen) atoms. The Balaban J connectivity index is 0.000000304. The van der Waals surface area contributed by atoms with Crippen molar-refractivity contribution in [3.05, 3.63) is 84.1 Å². The van der Waals surface area contributed by atoms with E-state index in [1.165, 1.54) is 6.33 Å². The molecule has 10 N–H and O–H groups in total. The van der Waals surface area contributed by atoms with Gasteiger partial charge in [-0.2, -0.15) is 0 Å². The second-order valence-corrected chi connectivity index (χ2v) is 8.59. The lowest BCUT2D eigenvalue weighted by Crippen LogP contribution is -2.36. The molecule has 0 aliphatic heterocycles. The average Bonchev–Trinajstić information content (AvgIpc) is 3.55. The van der Waals surface area contributed by atoms with Crippen LogP contribution < -0.4 is 21.9 Å². The van der Waals surface area contributed by atoms with Crippen molar-refractivity contribution in [2.75, 3.05) is 0 Å². The fourth-order valence-corrected chi connectivity index (χ4v) is 3.56. The number of aromatic amines is 2. The van der Waals surface area contributed by atoms with Crippen molar-refractivity contribution >= 4 is 28.8 Å². The van der Waals surface area contributed by atoms with Gasteiger partial charge in [0.1, 0.15) is 23.9 Å². The highest BCUT2D eigenvalue weighted by Gasteiger charge is 2.19. The van der Waals surface area contributed by atoms with Crippen LogP contribution in [0, 0.1) is 0 Å². The van der Waals surface area contributed by atoms with Crippen molar-refractivity contribution in [2.45, 2.75) is 37.4 Å². The summed E-state index contributed by atoms with van der Waals surface area (Å²) in [5.74, 6) is -2.25. The zero-order valence-corrected chi connectivity index (χ0v) is 20.4. The van der Waals surface area contributed by atoms with E-state index in [0.29, 0.717) is 17.9 Å². The van der Waals surface area contributed by atoms with Gasteiger partial charge in [0.15, 0.2) is 0 Å². The maximum atomic E-state index is 12.3. The van der Waals surface area contributed by atoms with Gasteiger partial charge in [-0.25, -0.2) is 9.78 Å². The number of aromatic nitrogens is 3. The number of carboxylic acid groups (broad SMARTS) is 2. The van der Waals surface area contributed by atoms with Gasteiger partial charge >= 0.3 is 17.9 Å². The third-order valence-corrected chi connectivity index (χ3v) is 5.63. The first-order valence-corrected chi connectivity index (χ1v) is 11.7. The molecule has 4 rings (SSSR count). The molecule has 3 atom stereocenters. The van der Waals surface area contributed by atoms with Gasteiger partial charge < -0.3 is 42.1 Å². The summed E-state index contributed by atoms with van der Waals surface area (Å²) in [7, 11) is 0. The number of carboxylic acids is 2. The number of fused-ring (bicyclic) bond motifs is 1. The van der Waals surface area contributed by atoms with Gasteiger partial charge in [-0.05, 0) is 35.7 Å². The molecule has 2 aromatic heterocycles. The molecule has 0 bridgehead atoms. The maximum absolute atomic E-state index is 12.3. The highest BCUT2D eigenvalue weighted by molar-refractivity contribution is 5.85. The van der Waals surface area contributed by atoms with Crippen molar-refractivity contribution < 1.29 is 29.3 Å². The Kier molecular flexibility index (Phi) is 9.71. The smallest absolute Gasteiger partial charge is 0.328 e. The largest absolute Gasteiger partial charge is 0.480 e. The quantitative estimate of drug-likeness (QED) is 0.115. The number of hydrogen-bond donors (Lipinski definition) is 7. The lowest BCUT2D eigenvalue weighted by atomic mass is 10.1. The molecule has 0 amide bonds. The topological polar surface area (TPSA) is 223 Å². The summed E-state index contributed by atoms with van der Waals surface area (Å²) >= 11 is 0. The van der Waals surface area contributed by atoms with Gasteiger partial charge in [0.05, 0.1) is 12.0 Å². The fourth-order valence-electron chi connectivity index (χ4n) is 3.56. The number of para-hydroxylation sites is 1. The Morgan fingerprint density at radius 2 is 1.50 bits per heavy atom. The molecule has 4 aromatic rings. The number of aliphatic carboxylic acids is 2. The first kappa shape index (κ1) is 28.1. The van der Waals surface area contributed by atoms with Crippen LogP contribution in [0.5, 0.6) is 5.75 Å². The van der Waals surface area contributed by atoms with E-state index in [-0.39, 0.29) is 12.8 Å². The number of nitrogens with zero attached hydrogens (tertiary/aromatic N) is 1. The summed E-state index contributed by atoms with van der Waals surface area (Å²) in [5, 5.41) is 18.3. The molecular formula is C26H30N6O6. The Morgan fingerprint density at radius 3 is 2.13 bits per heavy atom. The Hall–Kier alpha value is -4.52. The zero-order chi connectivity index (χ0) is 27.7. The summed E-state index contributed by atoms with van der Waals surface area (Å²) in [4.78, 5) is 43.0. The number of esters is 1. The number of carbonyl (C=O) groups is 3. The second kappa shape index (κ2) is 13.1. The van der Waals surface area contributed by atoms with Crippen molar-refractivity contribution in [3.63, 3.8) is 0 Å². The van der Waals surface area contributed by atoms with E-state index in [0.717, 1.165) is 22.0 Å². The van der Waals surface area contributed by atoms with Gasteiger partial charge in [-0.1, -0.05) is 30.3 Å². The summed E-state index contributed by atoms with van der Waals surface area (Å²) in [6, 6.07) is 11.7. The van der Waals surface area contributed by atoms with Gasteiger partial charge in [-0.15, -0.1) is 0 Å². The first-order chi connectivity index (χ1) is 18.1. The molecule has 2 heterocycles. The normalized spacial score (nSPS) is 13.1. The van der Waals surface area contributed by atoms with Gasteiger partial charge in [0.2, 0.25) is 0 Å².